The van der Waals surface area contributed by atoms with Crippen LogP contribution in [0.1, 0.15) is 23.2 Å². The summed E-state index contributed by atoms with van der Waals surface area (Å²) in [6, 6.07) is 5.34. The van der Waals surface area contributed by atoms with Crippen molar-refractivity contribution in [1.82, 2.24) is 0 Å². The van der Waals surface area contributed by atoms with Gasteiger partial charge in [0.05, 0.1) is 6.10 Å². The summed E-state index contributed by atoms with van der Waals surface area (Å²) in [6.07, 6.45) is 2.69. The molecule has 1 aromatic rings. The number of rotatable bonds is 2. The molecule has 1 aliphatic heterocycles. The van der Waals surface area contributed by atoms with Crippen LogP contribution in [-0.4, -0.2) is 30.6 Å². The van der Waals surface area contributed by atoms with E-state index in [4.69, 9.17) is 11.6 Å². The SMILES string of the molecule is O=Cc1ccc(Cl)cc1N1CC2CCC(O)C2C1. The number of aldehydes is 1. The molecule has 4 heteroatoms. The zero-order valence-electron chi connectivity index (χ0n) is 10.1. The first kappa shape index (κ1) is 12.0. The number of carbonyl (C=O) groups is 1. The monoisotopic (exact) mass is 265 g/mol. The lowest BCUT2D eigenvalue weighted by atomic mass is 10.00. The molecule has 18 heavy (non-hydrogen) atoms. The maximum atomic E-state index is 11.1. The largest absolute Gasteiger partial charge is 0.393 e. The first-order valence-electron chi connectivity index (χ1n) is 6.37. The molecule has 1 aromatic carbocycles. The predicted molar refractivity (Wildman–Crippen MR) is 71.3 cm³/mol. The number of carbonyl (C=O) groups excluding carboxylic acids is 1. The third-order valence-corrected chi connectivity index (χ3v) is 4.51. The lowest BCUT2D eigenvalue weighted by Gasteiger charge is -2.22. The van der Waals surface area contributed by atoms with Crippen LogP contribution in [0.3, 0.4) is 0 Å². The van der Waals surface area contributed by atoms with Gasteiger partial charge in [-0.15, -0.1) is 0 Å². The van der Waals surface area contributed by atoms with Crippen molar-refractivity contribution in [2.24, 2.45) is 11.8 Å². The number of halogens is 1. The zero-order chi connectivity index (χ0) is 12.7. The van der Waals surface area contributed by atoms with Crippen molar-refractivity contribution in [2.75, 3.05) is 18.0 Å². The van der Waals surface area contributed by atoms with Gasteiger partial charge in [0.2, 0.25) is 0 Å². The first-order valence-corrected chi connectivity index (χ1v) is 6.74. The molecule has 2 aliphatic rings. The van der Waals surface area contributed by atoms with Crippen molar-refractivity contribution in [2.45, 2.75) is 18.9 Å². The van der Waals surface area contributed by atoms with Gasteiger partial charge in [-0.3, -0.25) is 4.79 Å². The van der Waals surface area contributed by atoms with Crippen molar-refractivity contribution in [3.05, 3.63) is 28.8 Å². The van der Waals surface area contributed by atoms with E-state index in [-0.39, 0.29) is 6.10 Å². The zero-order valence-corrected chi connectivity index (χ0v) is 10.8. The maximum Gasteiger partial charge on any atom is 0.152 e. The van der Waals surface area contributed by atoms with E-state index in [0.29, 0.717) is 22.4 Å². The third-order valence-electron chi connectivity index (χ3n) is 4.28. The summed E-state index contributed by atoms with van der Waals surface area (Å²) in [5.41, 5.74) is 1.58. The molecule has 1 saturated carbocycles. The van der Waals surface area contributed by atoms with E-state index in [2.05, 4.69) is 4.90 Å². The van der Waals surface area contributed by atoms with Gasteiger partial charge in [0.25, 0.3) is 0 Å². The van der Waals surface area contributed by atoms with Crippen LogP contribution in [-0.2, 0) is 0 Å². The quantitative estimate of drug-likeness (QED) is 0.835. The summed E-state index contributed by atoms with van der Waals surface area (Å²) >= 11 is 6.01. The van der Waals surface area contributed by atoms with Crippen LogP contribution in [0.5, 0.6) is 0 Å². The second kappa shape index (κ2) is 4.56. The number of aliphatic hydroxyl groups excluding tert-OH is 1. The van der Waals surface area contributed by atoms with Gasteiger partial charge in [-0.25, -0.2) is 0 Å². The number of nitrogens with zero attached hydrogens (tertiary/aromatic N) is 1. The van der Waals surface area contributed by atoms with Crippen LogP contribution in [0.25, 0.3) is 0 Å². The smallest absolute Gasteiger partial charge is 0.152 e. The number of anilines is 1. The highest BCUT2D eigenvalue weighted by Gasteiger charge is 2.42. The van der Waals surface area contributed by atoms with Crippen LogP contribution in [0, 0.1) is 11.8 Å². The Hall–Kier alpha value is -1.06. The Bertz CT molecular complexity index is 477. The van der Waals surface area contributed by atoms with E-state index >= 15 is 0 Å². The fraction of sp³-hybridized carbons (Fsp3) is 0.500. The molecule has 0 radical (unpaired) electrons. The number of benzene rings is 1. The second-order valence-corrected chi connectivity index (χ2v) is 5.73. The van der Waals surface area contributed by atoms with Crippen molar-refractivity contribution >= 4 is 23.6 Å². The summed E-state index contributed by atoms with van der Waals surface area (Å²) in [7, 11) is 0. The summed E-state index contributed by atoms with van der Waals surface area (Å²) in [5, 5.41) is 10.6. The second-order valence-electron chi connectivity index (χ2n) is 5.29. The normalized spacial score (nSPS) is 30.6. The van der Waals surface area contributed by atoms with E-state index in [1.807, 2.05) is 6.07 Å². The number of aliphatic hydroxyl groups is 1. The molecule has 1 aliphatic carbocycles. The fourth-order valence-corrected chi connectivity index (χ4v) is 3.49. The Morgan fingerprint density at radius 1 is 1.33 bits per heavy atom. The topological polar surface area (TPSA) is 40.5 Å². The standard InChI is InChI=1S/C14H16ClNO2/c15-11-3-1-10(8-17)13(5-11)16-6-9-2-4-14(18)12(9)7-16/h1,3,5,8-9,12,14,18H,2,4,6-7H2. The van der Waals surface area contributed by atoms with Crippen LogP contribution in [0.15, 0.2) is 18.2 Å². The molecular weight excluding hydrogens is 250 g/mol. The molecule has 3 unspecified atom stereocenters. The molecule has 2 fully saturated rings. The van der Waals surface area contributed by atoms with Gasteiger partial charge in [-0.1, -0.05) is 11.6 Å². The van der Waals surface area contributed by atoms with Crippen molar-refractivity contribution in [1.29, 1.82) is 0 Å². The molecule has 96 valence electrons. The highest BCUT2D eigenvalue weighted by molar-refractivity contribution is 6.31. The Kier molecular flexibility index (Phi) is 3.04. The van der Waals surface area contributed by atoms with E-state index in [1.54, 1.807) is 12.1 Å². The van der Waals surface area contributed by atoms with Gasteiger partial charge in [0.1, 0.15) is 0 Å². The van der Waals surface area contributed by atoms with Gasteiger partial charge in [-0.05, 0) is 37.0 Å². The average molecular weight is 266 g/mol. The minimum absolute atomic E-state index is 0.182. The maximum absolute atomic E-state index is 11.1. The van der Waals surface area contributed by atoms with E-state index in [1.165, 1.54) is 0 Å². The molecule has 1 heterocycles. The van der Waals surface area contributed by atoms with Crippen LogP contribution in [0.4, 0.5) is 5.69 Å². The van der Waals surface area contributed by atoms with Crippen molar-refractivity contribution in [3.63, 3.8) is 0 Å². The van der Waals surface area contributed by atoms with E-state index in [9.17, 15) is 9.90 Å². The first-order chi connectivity index (χ1) is 8.69. The van der Waals surface area contributed by atoms with Crippen molar-refractivity contribution in [3.8, 4) is 0 Å². The van der Waals surface area contributed by atoms with Gasteiger partial charge in [0.15, 0.2) is 6.29 Å². The van der Waals surface area contributed by atoms with Gasteiger partial charge >= 0.3 is 0 Å². The summed E-state index contributed by atoms with van der Waals surface area (Å²) in [4.78, 5) is 13.3. The Morgan fingerprint density at radius 2 is 2.17 bits per heavy atom. The molecular formula is C14H16ClNO2. The molecule has 3 rings (SSSR count). The van der Waals surface area contributed by atoms with Crippen LogP contribution in [0.2, 0.25) is 5.02 Å². The molecule has 0 bridgehead atoms. The number of hydrogen-bond donors (Lipinski definition) is 1. The molecule has 0 spiro atoms. The average Bonchev–Trinajstić information content (AvgIpc) is 2.92. The summed E-state index contributed by atoms with van der Waals surface area (Å²) in [5.74, 6) is 0.905. The van der Waals surface area contributed by atoms with Gasteiger partial charge < -0.3 is 10.0 Å². The Labute approximate surface area is 111 Å². The molecule has 3 nitrogen and oxygen atoms in total. The van der Waals surface area contributed by atoms with Gasteiger partial charge in [-0.2, -0.15) is 0 Å². The highest BCUT2D eigenvalue weighted by Crippen LogP contribution is 2.40. The van der Waals surface area contributed by atoms with E-state index in [0.717, 1.165) is 37.9 Å². The molecule has 1 saturated heterocycles. The van der Waals surface area contributed by atoms with E-state index < -0.39 is 0 Å². The Balaban J connectivity index is 1.88. The number of hydrogen-bond acceptors (Lipinski definition) is 3. The van der Waals surface area contributed by atoms with Crippen molar-refractivity contribution < 1.29 is 9.90 Å². The molecule has 3 atom stereocenters. The Morgan fingerprint density at radius 3 is 2.89 bits per heavy atom. The van der Waals surface area contributed by atoms with Gasteiger partial charge in [0, 0.05) is 35.3 Å². The molecule has 0 aromatic heterocycles. The lowest BCUT2D eigenvalue weighted by molar-refractivity contribution is 0.112. The predicted octanol–water partition coefficient (Wildman–Crippen LogP) is 2.36. The minimum atomic E-state index is -0.182. The summed E-state index contributed by atoms with van der Waals surface area (Å²) < 4.78 is 0. The van der Waals surface area contributed by atoms with Crippen LogP contribution < -0.4 is 4.90 Å². The summed E-state index contributed by atoms with van der Waals surface area (Å²) in [6.45, 7) is 1.75. The fourth-order valence-electron chi connectivity index (χ4n) is 3.32. The van der Waals surface area contributed by atoms with Crippen LogP contribution >= 0.6 is 11.6 Å². The third kappa shape index (κ3) is 1.91. The minimum Gasteiger partial charge on any atom is -0.393 e. The highest BCUT2D eigenvalue weighted by atomic mass is 35.5. The number of fused-ring (bicyclic) bond motifs is 1. The molecule has 0 amide bonds. The molecule has 1 N–H and O–H groups in total. The lowest BCUT2D eigenvalue weighted by Crippen LogP contribution is -2.25.